The van der Waals surface area contributed by atoms with Gasteiger partial charge in [-0.2, -0.15) is 11.8 Å². The van der Waals surface area contributed by atoms with Crippen molar-refractivity contribution in [1.82, 2.24) is 5.32 Å². The maximum absolute atomic E-state index is 5.31. The lowest BCUT2D eigenvalue weighted by molar-refractivity contribution is 0.354. The van der Waals surface area contributed by atoms with E-state index in [0.29, 0.717) is 6.04 Å². The van der Waals surface area contributed by atoms with E-state index in [1.165, 1.54) is 29.9 Å². The fraction of sp³-hybridized carbons (Fsp3) is 0.571. The summed E-state index contributed by atoms with van der Waals surface area (Å²) in [5, 5.41) is 3.62. The topological polar surface area (TPSA) is 30.5 Å². The van der Waals surface area contributed by atoms with Crippen molar-refractivity contribution < 1.29 is 9.47 Å². The van der Waals surface area contributed by atoms with Crippen LogP contribution in [0.4, 0.5) is 0 Å². The zero-order valence-electron chi connectivity index (χ0n) is 11.1. The first kappa shape index (κ1) is 13.6. The molecule has 18 heavy (non-hydrogen) atoms. The van der Waals surface area contributed by atoms with Gasteiger partial charge in [0.05, 0.1) is 14.2 Å². The van der Waals surface area contributed by atoms with Crippen LogP contribution in [0.1, 0.15) is 18.4 Å². The summed E-state index contributed by atoms with van der Waals surface area (Å²) in [6, 6.07) is 6.77. The van der Waals surface area contributed by atoms with Crippen LogP contribution in [-0.4, -0.2) is 31.8 Å². The summed E-state index contributed by atoms with van der Waals surface area (Å²) < 4.78 is 10.6. The van der Waals surface area contributed by atoms with E-state index in [1.54, 1.807) is 14.2 Å². The van der Waals surface area contributed by atoms with Gasteiger partial charge in [-0.05, 0) is 42.0 Å². The molecule has 1 saturated heterocycles. The molecule has 2 rings (SSSR count). The lowest BCUT2D eigenvalue weighted by Gasteiger charge is -2.22. The number of thioether (sulfide) groups is 1. The van der Waals surface area contributed by atoms with Crippen LogP contribution in [0.15, 0.2) is 18.2 Å². The number of methoxy groups -OCH3 is 2. The van der Waals surface area contributed by atoms with Gasteiger partial charge in [-0.3, -0.25) is 0 Å². The Labute approximate surface area is 113 Å². The molecule has 0 saturated carbocycles. The largest absolute Gasteiger partial charge is 0.493 e. The molecule has 1 aliphatic rings. The van der Waals surface area contributed by atoms with Gasteiger partial charge < -0.3 is 14.8 Å². The first-order valence-electron chi connectivity index (χ1n) is 6.35. The molecule has 1 heterocycles. The minimum Gasteiger partial charge on any atom is -0.493 e. The second kappa shape index (κ2) is 6.90. The molecule has 1 aromatic rings. The van der Waals surface area contributed by atoms with Crippen LogP contribution in [0, 0.1) is 0 Å². The molecule has 0 amide bonds. The lowest BCUT2D eigenvalue weighted by atomic mass is 10.1. The summed E-state index contributed by atoms with van der Waals surface area (Å²) in [7, 11) is 3.34. The molecule has 4 heteroatoms. The van der Waals surface area contributed by atoms with Crippen LogP contribution in [0.25, 0.3) is 0 Å². The van der Waals surface area contributed by atoms with E-state index in [0.717, 1.165) is 18.0 Å². The molecule has 100 valence electrons. The number of nitrogens with one attached hydrogen (secondary N) is 1. The van der Waals surface area contributed by atoms with E-state index in [2.05, 4.69) is 23.1 Å². The van der Waals surface area contributed by atoms with Crippen LogP contribution in [0.5, 0.6) is 11.5 Å². The molecule has 0 spiro atoms. The maximum atomic E-state index is 5.31. The van der Waals surface area contributed by atoms with Crippen molar-refractivity contribution in [3.05, 3.63) is 23.8 Å². The predicted molar refractivity (Wildman–Crippen MR) is 76.7 cm³/mol. The van der Waals surface area contributed by atoms with Crippen molar-refractivity contribution in [2.75, 3.05) is 25.7 Å². The average molecular weight is 267 g/mol. The molecule has 3 nitrogen and oxygen atoms in total. The Bertz CT molecular complexity index is 378. The van der Waals surface area contributed by atoms with Gasteiger partial charge in [-0.25, -0.2) is 0 Å². The highest BCUT2D eigenvalue weighted by molar-refractivity contribution is 7.99. The monoisotopic (exact) mass is 267 g/mol. The van der Waals surface area contributed by atoms with Crippen LogP contribution in [0.2, 0.25) is 0 Å². The summed E-state index contributed by atoms with van der Waals surface area (Å²) in [4.78, 5) is 0. The Morgan fingerprint density at radius 1 is 1.17 bits per heavy atom. The van der Waals surface area contributed by atoms with Crippen LogP contribution in [0.3, 0.4) is 0 Å². The Balaban J connectivity index is 1.92. The van der Waals surface area contributed by atoms with E-state index in [4.69, 9.17) is 9.47 Å². The zero-order valence-corrected chi connectivity index (χ0v) is 11.9. The quantitative estimate of drug-likeness (QED) is 0.888. The van der Waals surface area contributed by atoms with E-state index in [9.17, 15) is 0 Å². The van der Waals surface area contributed by atoms with Crippen LogP contribution in [-0.2, 0) is 6.54 Å². The molecular formula is C14H21NO2S. The summed E-state index contributed by atoms with van der Waals surface area (Å²) >= 11 is 2.05. The SMILES string of the molecule is COc1ccc(CNC2CCSCC2)cc1OC. The first-order chi connectivity index (χ1) is 8.83. The number of ether oxygens (including phenoxy) is 2. The van der Waals surface area contributed by atoms with Crippen molar-refractivity contribution in [3.8, 4) is 11.5 Å². The highest BCUT2D eigenvalue weighted by atomic mass is 32.2. The third-order valence-corrected chi connectivity index (χ3v) is 4.31. The molecule has 1 fully saturated rings. The third kappa shape index (κ3) is 3.56. The highest BCUT2D eigenvalue weighted by Gasteiger charge is 2.13. The van der Waals surface area contributed by atoms with Crippen molar-refractivity contribution in [1.29, 1.82) is 0 Å². The van der Waals surface area contributed by atoms with Gasteiger partial charge >= 0.3 is 0 Å². The predicted octanol–water partition coefficient (Wildman–Crippen LogP) is 2.69. The molecule has 1 aliphatic heterocycles. The van der Waals surface area contributed by atoms with Crippen molar-refractivity contribution in [3.63, 3.8) is 0 Å². The van der Waals surface area contributed by atoms with Crippen molar-refractivity contribution in [2.45, 2.75) is 25.4 Å². The fourth-order valence-electron chi connectivity index (χ4n) is 2.15. The van der Waals surface area contributed by atoms with Crippen LogP contribution >= 0.6 is 11.8 Å². The van der Waals surface area contributed by atoms with E-state index in [1.807, 2.05) is 12.1 Å². The number of hydrogen-bond donors (Lipinski definition) is 1. The molecule has 0 atom stereocenters. The molecule has 1 aromatic carbocycles. The van der Waals surface area contributed by atoms with Gasteiger partial charge in [-0.1, -0.05) is 6.07 Å². The van der Waals surface area contributed by atoms with Gasteiger partial charge in [0.15, 0.2) is 11.5 Å². The summed E-state index contributed by atoms with van der Waals surface area (Å²) in [5.41, 5.74) is 1.24. The maximum Gasteiger partial charge on any atom is 0.161 e. The Hall–Kier alpha value is -0.870. The lowest BCUT2D eigenvalue weighted by Crippen LogP contribution is -2.32. The summed E-state index contributed by atoms with van der Waals surface area (Å²) in [6.45, 7) is 0.898. The Kier molecular flexibility index (Phi) is 5.20. The Morgan fingerprint density at radius 3 is 2.56 bits per heavy atom. The van der Waals surface area contributed by atoms with E-state index in [-0.39, 0.29) is 0 Å². The second-order valence-electron chi connectivity index (χ2n) is 4.46. The van der Waals surface area contributed by atoms with Crippen molar-refractivity contribution >= 4 is 11.8 Å². The average Bonchev–Trinajstić information content (AvgIpc) is 2.45. The van der Waals surface area contributed by atoms with Gasteiger partial charge in [0.1, 0.15) is 0 Å². The minimum atomic E-state index is 0.666. The summed E-state index contributed by atoms with van der Waals surface area (Å²) in [6.07, 6.45) is 2.55. The van der Waals surface area contributed by atoms with Gasteiger partial charge in [0, 0.05) is 12.6 Å². The van der Waals surface area contributed by atoms with Gasteiger partial charge in [0.2, 0.25) is 0 Å². The standard InChI is InChI=1S/C14H21NO2S/c1-16-13-4-3-11(9-14(13)17-2)10-15-12-5-7-18-8-6-12/h3-4,9,12,15H,5-8,10H2,1-2H3. The molecule has 1 N–H and O–H groups in total. The number of benzene rings is 1. The highest BCUT2D eigenvalue weighted by Crippen LogP contribution is 2.27. The smallest absolute Gasteiger partial charge is 0.161 e. The minimum absolute atomic E-state index is 0.666. The summed E-state index contributed by atoms with van der Waals surface area (Å²) in [5.74, 6) is 4.15. The number of rotatable bonds is 5. The normalized spacial score (nSPS) is 16.6. The Morgan fingerprint density at radius 2 is 1.89 bits per heavy atom. The molecule has 0 bridgehead atoms. The third-order valence-electron chi connectivity index (χ3n) is 3.26. The molecule has 0 unspecified atom stereocenters. The fourth-order valence-corrected chi connectivity index (χ4v) is 3.26. The van der Waals surface area contributed by atoms with E-state index >= 15 is 0 Å². The molecule has 0 aromatic heterocycles. The zero-order chi connectivity index (χ0) is 12.8. The van der Waals surface area contributed by atoms with Crippen LogP contribution < -0.4 is 14.8 Å². The molecule has 0 aliphatic carbocycles. The van der Waals surface area contributed by atoms with E-state index < -0.39 is 0 Å². The number of hydrogen-bond acceptors (Lipinski definition) is 4. The molecular weight excluding hydrogens is 246 g/mol. The first-order valence-corrected chi connectivity index (χ1v) is 7.51. The second-order valence-corrected chi connectivity index (χ2v) is 5.68. The van der Waals surface area contributed by atoms with Gasteiger partial charge in [-0.15, -0.1) is 0 Å². The van der Waals surface area contributed by atoms with Crippen molar-refractivity contribution in [2.24, 2.45) is 0 Å². The molecule has 0 radical (unpaired) electrons. The van der Waals surface area contributed by atoms with Gasteiger partial charge in [0.25, 0.3) is 0 Å².